The van der Waals surface area contributed by atoms with E-state index >= 15 is 0 Å². The summed E-state index contributed by atoms with van der Waals surface area (Å²) in [5.41, 5.74) is 1.27. The van der Waals surface area contributed by atoms with Crippen LogP contribution in [-0.4, -0.2) is 17.8 Å². The summed E-state index contributed by atoms with van der Waals surface area (Å²) < 4.78 is 1.09. The molecule has 1 aromatic carbocycles. The number of hydrogen-bond donors (Lipinski definition) is 2. The maximum atomic E-state index is 9.22. The van der Waals surface area contributed by atoms with Gasteiger partial charge in [-0.3, -0.25) is 0 Å². The van der Waals surface area contributed by atoms with Crippen molar-refractivity contribution in [3.8, 4) is 0 Å². The number of hydrogen-bond acceptors (Lipinski definition) is 2. The van der Waals surface area contributed by atoms with Gasteiger partial charge in [-0.25, -0.2) is 0 Å². The summed E-state index contributed by atoms with van der Waals surface area (Å²) >= 11 is 3.42. The maximum absolute atomic E-state index is 9.22. The Hall–Kier alpha value is -0.380. The fourth-order valence-electron chi connectivity index (χ4n) is 1.51. The van der Waals surface area contributed by atoms with Crippen LogP contribution in [0.15, 0.2) is 28.7 Å². The Morgan fingerprint density at radius 3 is 2.40 bits per heavy atom. The van der Waals surface area contributed by atoms with Gasteiger partial charge >= 0.3 is 0 Å². The summed E-state index contributed by atoms with van der Waals surface area (Å²) in [5, 5.41) is 12.6. The molecule has 3 heteroatoms. The first kappa shape index (κ1) is 12.7. The number of benzene rings is 1. The molecular weight excluding hydrogens is 254 g/mol. The molecule has 84 valence electrons. The van der Waals surface area contributed by atoms with Crippen molar-refractivity contribution in [2.24, 2.45) is 0 Å². The topological polar surface area (TPSA) is 32.3 Å². The Morgan fingerprint density at radius 2 is 1.93 bits per heavy atom. The van der Waals surface area contributed by atoms with E-state index in [1.807, 2.05) is 12.1 Å². The lowest BCUT2D eigenvalue weighted by molar-refractivity contribution is 0.185. The molecule has 15 heavy (non-hydrogen) atoms. The van der Waals surface area contributed by atoms with Gasteiger partial charge in [0.2, 0.25) is 0 Å². The highest BCUT2D eigenvalue weighted by molar-refractivity contribution is 9.10. The maximum Gasteiger partial charge on any atom is 0.0636 e. The second-order valence-corrected chi connectivity index (χ2v) is 4.69. The third-order valence-electron chi connectivity index (χ3n) is 2.34. The lowest BCUT2D eigenvalue weighted by Gasteiger charge is -2.18. The van der Waals surface area contributed by atoms with Crippen LogP contribution in [0.3, 0.4) is 0 Å². The SMILES string of the molecule is CC[C@@H](NC[C@H](C)O)c1ccc(Br)cc1. The minimum Gasteiger partial charge on any atom is -0.392 e. The third kappa shape index (κ3) is 4.33. The van der Waals surface area contributed by atoms with Crippen LogP contribution in [0.1, 0.15) is 31.9 Å². The van der Waals surface area contributed by atoms with E-state index < -0.39 is 0 Å². The average Bonchev–Trinajstić information content (AvgIpc) is 2.21. The molecule has 0 amide bonds. The first-order valence-corrected chi connectivity index (χ1v) is 6.09. The smallest absolute Gasteiger partial charge is 0.0636 e. The molecule has 1 aromatic rings. The molecule has 0 saturated heterocycles. The van der Waals surface area contributed by atoms with Crippen molar-refractivity contribution in [1.29, 1.82) is 0 Å². The van der Waals surface area contributed by atoms with Gasteiger partial charge in [0.15, 0.2) is 0 Å². The predicted octanol–water partition coefficient (Wildman–Crippen LogP) is 2.87. The van der Waals surface area contributed by atoms with Gasteiger partial charge in [-0.05, 0) is 31.0 Å². The molecule has 0 saturated carbocycles. The van der Waals surface area contributed by atoms with Crippen LogP contribution in [0.5, 0.6) is 0 Å². The Balaban J connectivity index is 2.61. The molecule has 0 bridgehead atoms. The number of nitrogens with one attached hydrogen (secondary N) is 1. The lowest BCUT2D eigenvalue weighted by atomic mass is 10.0. The van der Waals surface area contributed by atoms with Gasteiger partial charge in [-0.2, -0.15) is 0 Å². The third-order valence-corrected chi connectivity index (χ3v) is 2.87. The van der Waals surface area contributed by atoms with Gasteiger partial charge in [0.25, 0.3) is 0 Å². The van der Waals surface area contributed by atoms with E-state index in [2.05, 4.69) is 40.3 Å². The Kier molecular flexibility index (Phi) is 5.29. The van der Waals surface area contributed by atoms with E-state index in [1.165, 1.54) is 5.56 Å². The van der Waals surface area contributed by atoms with Crippen molar-refractivity contribution >= 4 is 15.9 Å². The molecule has 1 rings (SSSR count). The normalized spacial score (nSPS) is 14.9. The van der Waals surface area contributed by atoms with Crippen molar-refractivity contribution in [3.63, 3.8) is 0 Å². The fraction of sp³-hybridized carbons (Fsp3) is 0.500. The summed E-state index contributed by atoms with van der Waals surface area (Å²) in [6.45, 7) is 4.57. The van der Waals surface area contributed by atoms with Gasteiger partial charge < -0.3 is 10.4 Å². The van der Waals surface area contributed by atoms with E-state index in [1.54, 1.807) is 6.92 Å². The Morgan fingerprint density at radius 1 is 1.33 bits per heavy atom. The van der Waals surface area contributed by atoms with E-state index in [0.717, 1.165) is 10.9 Å². The molecule has 0 aromatic heterocycles. The minimum absolute atomic E-state index is 0.297. The zero-order valence-corrected chi connectivity index (χ0v) is 10.8. The first-order valence-electron chi connectivity index (χ1n) is 5.30. The first-order chi connectivity index (χ1) is 7.13. The van der Waals surface area contributed by atoms with Crippen LogP contribution < -0.4 is 5.32 Å². The van der Waals surface area contributed by atoms with Crippen LogP contribution in [0.2, 0.25) is 0 Å². The zero-order valence-electron chi connectivity index (χ0n) is 9.20. The van der Waals surface area contributed by atoms with Crippen molar-refractivity contribution in [2.45, 2.75) is 32.4 Å². The largest absolute Gasteiger partial charge is 0.392 e. The lowest BCUT2D eigenvalue weighted by Crippen LogP contribution is -2.28. The molecule has 0 heterocycles. The van der Waals surface area contributed by atoms with Gasteiger partial charge in [0, 0.05) is 17.1 Å². The minimum atomic E-state index is -0.297. The number of aliphatic hydroxyl groups is 1. The van der Waals surface area contributed by atoms with Crippen molar-refractivity contribution in [2.75, 3.05) is 6.54 Å². The fourth-order valence-corrected chi connectivity index (χ4v) is 1.77. The molecule has 0 spiro atoms. The molecule has 0 aliphatic carbocycles. The quantitative estimate of drug-likeness (QED) is 0.863. The molecule has 0 radical (unpaired) electrons. The van der Waals surface area contributed by atoms with Crippen molar-refractivity contribution in [1.82, 2.24) is 5.32 Å². The molecule has 0 aliphatic rings. The van der Waals surface area contributed by atoms with Crippen LogP contribution in [0.4, 0.5) is 0 Å². The van der Waals surface area contributed by atoms with E-state index in [4.69, 9.17) is 0 Å². The summed E-state index contributed by atoms with van der Waals surface area (Å²) in [6.07, 6.45) is 0.725. The predicted molar refractivity (Wildman–Crippen MR) is 66.9 cm³/mol. The van der Waals surface area contributed by atoms with Crippen LogP contribution in [0.25, 0.3) is 0 Å². The van der Waals surface area contributed by atoms with Gasteiger partial charge in [0.1, 0.15) is 0 Å². The number of aliphatic hydroxyl groups excluding tert-OH is 1. The standard InChI is InChI=1S/C12H18BrNO/c1-3-12(14-8-9(2)15)10-4-6-11(13)7-5-10/h4-7,9,12,14-15H,3,8H2,1-2H3/t9-,12+/m0/s1. The summed E-state index contributed by atoms with van der Waals surface area (Å²) in [4.78, 5) is 0. The van der Waals surface area contributed by atoms with Gasteiger partial charge in [-0.15, -0.1) is 0 Å². The summed E-state index contributed by atoms with van der Waals surface area (Å²) in [7, 11) is 0. The summed E-state index contributed by atoms with van der Waals surface area (Å²) in [5.74, 6) is 0. The summed E-state index contributed by atoms with van der Waals surface area (Å²) in [6, 6.07) is 8.62. The molecule has 0 fully saturated rings. The highest BCUT2D eigenvalue weighted by Crippen LogP contribution is 2.19. The molecular formula is C12H18BrNO. The molecule has 0 aliphatic heterocycles. The second-order valence-electron chi connectivity index (χ2n) is 3.77. The van der Waals surface area contributed by atoms with Crippen LogP contribution in [0, 0.1) is 0 Å². The van der Waals surface area contributed by atoms with E-state index in [9.17, 15) is 5.11 Å². The monoisotopic (exact) mass is 271 g/mol. The highest BCUT2D eigenvalue weighted by atomic mass is 79.9. The average molecular weight is 272 g/mol. The molecule has 2 atom stereocenters. The molecule has 2 N–H and O–H groups in total. The van der Waals surface area contributed by atoms with Crippen LogP contribution >= 0.6 is 15.9 Å². The Labute approximate surface area is 99.8 Å². The Bertz CT molecular complexity index is 284. The molecule has 0 unspecified atom stereocenters. The van der Waals surface area contributed by atoms with E-state index in [-0.39, 0.29) is 6.10 Å². The van der Waals surface area contributed by atoms with Crippen LogP contribution in [-0.2, 0) is 0 Å². The zero-order chi connectivity index (χ0) is 11.3. The van der Waals surface area contributed by atoms with Gasteiger partial charge in [-0.1, -0.05) is 35.0 Å². The van der Waals surface area contributed by atoms with Crippen molar-refractivity contribution in [3.05, 3.63) is 34.3 Å². The van der Waals surface area contributed by atoms with Crippen molar-refractivity contribution < 1.29 is 5.11 Å². The van der Waals surface area contributed by atoms with E-state index in [0.29, 0.717) is 12.6 Å². The van der Waals surface area contributed by atoms with Gasteiger partial charge in [0.05, 0.1) is 6.10 Å². The number of rotatable bonds is 5. The highest BCUT2D eigenvalue weighted by Gasteiger charge is 2.08. The molecule has 2 nitrogen and oxygen atoms in total. The second kappa shape index (κ2) is 6.26. The number of halogens is 1.